The van der Waals surface area contributed by atoms with E-state index in [1.165, 1.54) is 12.8 Å². The van der Waals surface area contributed by atoms with E-state index in [4.69, 9.17) is 4.74 Å². The summed E-state index contributed by atoms with van der Waals surface area (Å²) in [5.74, 6) is 1.15. The summed E-state index contributed by atoms with van der Waals surface area (Å²) in [5, 5.41) is 10.4. The summed E-state index contributed by atoms with van der Waals surface area (Å²) < 4.78 is 5.53. The quantitative estimate of drug-likeness (QED) is 0.734. The van der Waals surface area contributed by atoms with E-state index in [9.17, 15) is 9.59 Å². The van der Waals surface area contributed by atoms with Crippen molar-refractivity contribution in [1.82, 2.24) is 24.9 Å². The predicted molar refractivity (Wildman–Crippen MR) is 122 cm³/mol. The summed E-state index contributed by atoms with van der Waals surface area (Å²) in [6.45, 7) is 8.14. The van der Waals surface area contributed by atoms with Crippen LogP contribution in [0.1, 0.15) is 59.9 Å². The van der Waals surface area contributed by atoms with Gasteiger partial charge in [0.15, 0.2) is 5.82 Å². The van der Waals surface area contributed by atoms with Crippen LogP contribution in [0.2, 0.25) is 0 Å². The highest BCUT2D eigenvalue weighted by Gasteiger charge is 2.42. The first-order chi connectivity index (χ1) is 16.0. The second-order valence-corrected chi connectivity index (χ2v) is 9.72. The second kappa shape index (κ2) is 7.76. The lowest BCUT2D eigenvalue weighted by atomic mass is 10.1. The topological polar surface area (TPSA) is 93.8 Å². The molecule has 4 aliphatic heterocycles. The van der Waals surface area contributed by atoms with Crippen LogP contribution in [0.3, 0.4) is 0 Å². The Morgan fingerprint density at radius 3 is 2.97 bits per heavy atom. The van der Waals surface area contributed by atoms with Crippen molar-refractivity contribution in [2.45, 2.75) is 57.8 Å². The summed E-state index contributed by atoms with van der Waals surface area (Å²) in [6.07, 6.45) is 3.20. The molecule has 2 N–H and O–H groups in total. The molecule has 2 aromatic rings. The fraction of sp³-hybridized carbons (Fsp3) is 0.542. The number of hydrogen-bond donors (Lipinski definition) is 2. The molecule has 4 aliphatic rings. The lowest BCUT2D eigenvalue weighted by Gasteiger charge is -2.44. The standard InChI is InChI=1S/C24H30N6O3/c1-14-11-28-8-3-4-18(28)12-29(14)24(32)30-13-19-21(15(30)2)26-27-22(19)25-23(31)17-5-6-20-16(10-17)7-9-33-20/h5-6,10,14-15,18H,3-4,7-9,11-13H2,1-2H3,(H2,25,26,27,31). The van der Waals surface area contributed by atoms with Gasteiger partial charge in [0.2, 0.25) is 0 Å². The molecule has 0 radical (unpaired) electrons. The van der Waals surface area contributed by atoms with Gasteiger partial charge in [-0.15, -0.1) is 0 Å². The molecule has 2 saturated heterocycles. The molecular formula is C24H30N6O3. The molecule has 3 atom stereocenters. The Bertz CT molecular complexity index is 1110. The zero-order valence-corrected chi connectivity index (χ0v) is 19.1. The number of urea groups is 1. The van der Waals surface area contributed by atoms with Gasteiger partial charge < -0.3 is 19.9 Å². The number of H-pyrrole nitrogens is 1. The number of hydrogen-bond acceptors (Lipinski definition) is 5. The van der Waals surface area contributed by atoms with Crippen molar-refractivity contribution in [3.05, 3.63) is 40.6 Å². The van der Waals surface area contributed by atoms with E-state index in [0.29, 0.717) is 30.6 Å². The number of carbonyl (C=O) groups excluding carboxylic acids is 2. The molecule has 6 rings (SSSR count). The van der Waals surface area contributed by atoms with Crippen LogP contribution >= 0.6 is 0 Å². The first kappa shape index (κ1) is 20.5. The van der Waals surface area contributed by atoms with E-state index < -0.39 is 0 Å². The van der Waals surface area contributed by atoms with Crippen LogP contribution < -0.4 is 10.1 Å². The van der Waals surface area contributed by atoms with Gasteiger partial charge in [0.1, 0.15) is 5.75 Å². The van der Waals surface area contributed by atoms with Crippen LogP contribution in [0, 0.1) is 0 Å². The normalized spacial score (nSPS) is 26.1. The van der Waals surface area contributed by atoms with Crippen LogP contribution in [0.25, 0.3) is 0 Å². The van der Waals surface area contributed by atoms with Gasteiger partial charge in [0.05, 0.1) is 24.9 Å². The Hall–Kier alpha value is -3.07. The highest BCUT2D eigenvalue weighted by atomic mass is 16.5. The van der Waals surface area contributed by atoms with Crippen molar-refractivity contribution in [1.29, 1.82) is 0 Å². The van der Waals surface area contributed by atoms with E-state index in [1.54, 1.807) is 6.07 Å². The fourth-order valence-corrected chi connectivity index (χ4v) is 5.81. The fourth-order valence-electron chi connectivity index (χ4n) is 5.81. The number of rotatable bonds is 2. The third-order valence-corrected chi connectivity index (χ3v) is 7.73. The number of amides is 3. The van der Waals surface area contributed by atoms with Crippen LogP contribution in [0.5, 0.6) is 5.75 Å². The Morgan fingerprint density at radius 1 is 1.21 bits per heavy atom. The zero-order valence-electron chi connectivity index (χ0n) is 19.1. The molecule has 174 valence electrons. The number of aromatic amines is 1. The Kier molecular flexibility index (Phi) is 4.83. The number of nitrogens with one attached hydrogen (secondary N) is 2. The smallest absolute Gasteiger partial charge is 0.321 e. The number of aromatic nitrogens is 2. The van der Waals surface area contributed by atoms with Gasteiger partial charge in [-0.05, 0) is 57.0 Å². The zero-order chi connectivity index (χ0) is 22.7. The molecular weight excluding hydrogens is 420 g/mol. The van der Waals surface area contributed by atoms with Gasteiger partial charge in [-0.1, -0.05) is 0 Å². The number of nitrogens with zero attached hydrogens (tertiary/aromatic N) is 4. The maximum atomic E-state index is 13.5. The van der Waals surface area contributed by atoms with Gasteiger partial charge in [-0.3, -0.25) is 14.8 Å². The monoisotopic (exact) mass is 450 g/mol. The van der Waals surface area contributed by atoms with Crippen LogP contribution in [-0.2, 0) is 13.0 Å². The molecule has 9 nitrogen and oxygen atoms in total. The van der Waals surface area contributed by atoms with E-state index in [0.717, 1.165) is 48.6 Å². The van der Waals surface area contributed by atoms with Gasteiger partial charge >= 0.3 is 6.03 Å². The van der Waals surface area contributed by atoms with E-state index >= 15 is 0 Å². The maximum absolute atomic E-state index is 13.5. The average molecular weight is 451 g/mol. The minimum atomic E-state index is -0.206. The molecule has 9 heteroatoms. The molecule has 0 saturated carbocycles. The van der Waals surface area contributed by atoms with Crippen molar-refractivity contribution in [3.63, 3.8) is 0 Å². The number of anilines is 1. The highest BCUT2D eigenvalue weighted by Crippen LogP contribution is 2.37. The first-order valence-electron chi connectivity index (χ1n) is 11.9. The SMILES string of the molecule is CC1CN2CCCC2CN1C(=O)N1Cc2c(NC(=O)c3ccc4c(c3)CCO4)n[nH]c2C1C. The third-order valence-electron chi connectivity index (χ3n) is 7.73. The summed E-state index contributed by atoms with van der Waals surface area (Å²) in [7, 11) is 0. The van der Waals surface area contributed by atoms with Gasteiger partial charge in [0, 0.05) is 42.7 Å². The van der Waals surface area contributed by atoms with Crippen molar-refractivity contribution in [3.8, 4) is 5.75 Å². The second-order valence-electron chi connectivity index (χ2n) is 9.72. The van der Waals surface area contributed by atoms with Gasteiger partial charge in [0.25, 0.3) is 5.91 Å². The number of fused-ring (bicyclic) bond motifs is 3. The molecule has 5 heterocycles. The summed E-state index contributed by atoms with van der Waals surface area (Å²) in [5.41, 5.74) is 3.42. The number of piperazine rings is 1. The molecule has 0 aliphatic carbocycles. The number of benzene rings is 1. The largest absolute Gasteiger partial charge is 0.493 e. The average Bonchev–Trinajstić information content (AvgIpc) is 3.58. The molecule has 2 fully saturated rings. The minimum absolute atomic E-state index is 0.0713. The van der Waals surface area contributed by atoms with Crippen LogP contribution in [0.4, 0.5) is 10.6 Å². The number of carbonyl (C=O) groups is 2. The summed E-state index contributed by atoms with van der Waals surface area (Å²) >= 11 is 0. The van der Waals surface area contributed by atoms with Crippen LogP contribution in [0.15, 0.2) is 18.2 Å². The molecule has 33 heavy (non-hydrogen) atoms. The highest BCUT2D eigenvalue weighted by molar-refractivity contribution is 6.04. The van der Waals surface area contributed by atoms with E-state index in [-0.39, 0.29) is 24.0 Å². The van der Waals surface area contributed by atoms with Crippen molar-refractivity contribution >= 4 is 17.8 Å². The van der Waals surface area contributed by atoms with Crippen molar-refractivity contribution in [2.24, 2.45) is 0 Å². The van der Waals surface area contributed by atoms with Crippen molar-refractivity contribution < 1.29 is 14.3 Å². The predicted octanol–water partition coefficient (Wildman–Crippen LogP) is 2.76. The van der Waals surface area contributed by atoms with Crippen molar-refractivity contribution in [2.75, 3.05) is 31.6 Å². The molecule has 0 bridgehead atoms. The lowest BCUT2D eigenvalue weighted by Crippen LogP contribution is -2.59. The van der Waals surface area contributed by atoms with Crippen LogP contribution in [-0.4, -0.2) is 75.2 Å². The molecule has 3 amide bonds. The molecule has 1 aromatic carbocycles. The lowest BCUT2D eigenvalue weighted by molar-refractivity contribution is 0.0580. The first-order valence-corrected chi connectivity index (χ1v) is 11.9. The Balaban J connectivity index is 1.17. The van der Waals surface area contributed by atoms with Gasteiger partial charge in [-0.2, -0.15) is 5.10 Å². The number of ether oxygens (including phenoxy) is 1. The Morgan fingerprint density at radius 2 is 2.09 bits per heavy atom. The molecule has 3 unspecified atom stereocenters. The third kappa shape index (κ3) is 3.37. The van der Waals surface area contributed by atoms with E-state index in [2.05, 4.69) is 27.3 Å². The molecule has 0 spiro atoms. The maximum Gasteiger partial charge on any atom is 0.321 e. The summed E-state index contributed by atoms with van der Waals surface area (Å²) in [6, 6.07) is 6.13. The minimum Gasteiger partial charge on any atom is -0.493 e. The van der Waals surface area contributed by atoms with E-state index in [1.807, 2.05) is 28.9 Å². The summed E-state index contributed by atoms with van der Waals surface area (Å²) in [4.78, 5) is 32.9. The van der Waals surface area contributed by atoms with Gasteiger partial charge in [-0.25, -0.2) is 4.79 Å². The Labute approximate surface area is 193 Å². The molecule has 1 aromatic heterocycles.